The third kappa shape index (κ3) is 4.18. The minimum Gasteiger partial charge on any atom is -0.508 e. The maximum absolute atomic E-state index is 9.47. The van der Waals surface area contributed by atoms with Gasteiger partial charge in [0.05, 0.1) is 5.60 Å². The van der Waals surface area contributed by atoms with Crippen LogP contribution in [-0.2, 0) is 11.4 Å². The minimum absolute atomic E-state index is 0.0491. The Morgan fingerprint density at radius 2 is 1.93 bits per heavy atom. The van der Waals surface area contributed by atoms with Gasteiger partial charge in [0.25, 0.3) is 0 Å². The van der Waals surface area contributed by atoms with Gasteiger partial charge in [0.2, 0.25) is 0 Å². The molecule has 3 N–H and O–H groups in total. The summed E-state index contributed by atoms with van der Waals surface area (Å²) in [4.78, 5) is 5.29. The predicted molar refractivity (Wildman–Crippen MR) is 57.4 cm³/mol. The lowest BCUT2D eigenvalue weighted by atomic mass is 10.2. The van der Waals surface area contributed by atoms with E-state index in [9.17, 15) is 5.11 Å². The van der Waals surface area contributed by atoms with Crippen LogP contribution in [0.1, 0.15) is 26.3 Å². The summed E-state index contributed by atoms with van der Waals surface area (Å²) in [6, 6.07) is 4.46. The highest BCUT2D eigenvalue weighted by molar-refractivity contribution is 5.38. The number of phenols is 2. The van der Waals surface area contributed by atoms with Crippen molar-refractivity contribution in [3.63, 3.8) is 0 Å². The molecule has 0 atom stereocenters. The van der Waals surface area contributed by atoms with E-state index in [0.717, 1.165) is 0 Å². The molecular weight excluding hydrogens is 194 g/mol. The van der Waals surface area contributed by atoms with Gasteiger partial charge in [-0.2, -0.15) is 5.48 Å². The summed E-state index contributed by atoms with van der Waals surface area (Å²) in [5.74, 6) is 0.105. The Kier molecular flexibility index (Phi) is 3.55. The van der Waals surface area contributed by atoms with Crippen LogP contribution in [0.5, 0.6) is 11.5 Å². The number of phenolic OH excluding ortho intramolecular Hbond substituents is 2. The molecule has 4 heteroatoms. The van der Waals surface area contributed by atoms with Gasteiger partial charge in [0.15, 0.2) is 0 Å². The summed E-state index contributed by atoms with van der Waals surface area (Å²) < 4.78 is 0. The van der Waals surface area contributed by atoms with Crippen LogP contribution >= 0.6 is 0 Å². The molecule has 4 nitrogen and oxygen atoms in total. The molecule has 0 aliphatic rings. The molecule has 0 aliphatic carbocycles. The summed E-state index contributed by atoms with van der Waals surface area (Å²) in [5, 5.41) is 18.5. The van der Waals surface area contributed by atoms with E-state index in [0.29, 0.717) is 12.1 Å². The summed E-state index contributed by atoms with van der Waals surface area (Å²) in [6.45, 7) is 6.17. The minimum atomic E-state index is -0.271. The van der Waals surface area contributed by atoms with Crippen LogP contribution in [0.25, 0.3) is 0 Å². The van der Waals surface area contributed by atoms with Gasteiger partial charge in [-0.1, -0.05) is 6.07 Å². The molecule has 0 bridgehead atoms. The first-order valence-corrected chi connectivity index (χ1v) is 4.80. The van der Waals surface area contributed by atoms with E-state index in [1.165, 1.54) is 12.1 Å². The maximum atomic E-state index is 9.47. The first-order valence-electron chi connectivity index (χ1n) is 4.80. The molecule has 0 saturated carbocycles. The number of hydroxylamine groups is 1. The molecule has 0 fully saturated rings. The molecule has 1 aromatic carbocycles. The molecule has 0 amide bonds. The second kappa shape index (κ2) is 4.51. The lowest BCUT2D eigenvalue weighted by Crippen LogP contribution is -2.28. The zero-order chi connectivity index (χ0) is 11.5. The van der Waals surface area contributed by atoms with Crippen molar-refractivity contribution in [3.8, 4) is 11.5 Å². The lowest BCUT2D eigenvalue weighted by Gasteiger charge is -2.19. The van der Waals surface area contributed by atoms with E-state index in [4.69, 9.17) is 9.94 Å². The van der Waals surface area contributed by atoms with Gasteiger partial charge in [0, 0.05) is 18.2 Å². The Morgan fingerprint density at radius 3 is 2.47 bits per heavy atom. The zero-order valence-electron chi connectivity index (χ0n) is 9.24. The SMILES string of the molecule is CC(C)(C)ONCc1ccc(O)cc1O. The highest BCUT2D eigenvalue weighted by Gasteiger charge is 2.10. The van der Waals surface area contributed by atoms with E-state index < -0.39 is 0 Å². The van der Waals surface area contributed by atoms with E-state index in [1.54, 1.807) is 6.07 Å². The van der Waals surface area contributed by atoms with Crippen molar-refractivity contribution in [2.24, 2.45) is 0 Å². The Balaban J connectivity index is 2.51. The van der Waals surface area contributed by atoms with Crippen molar-refractivity contribution >= 4 is 0 Å². The van der Waals surface area contributed by atoms with Crippen LogP contribution in [0.4, 0.5) is 0 Å². The highest BCUT2D eigenvalue weighted by atomic mass is 16.7. The van der Waals surface area contributed by atoms with Crippen molar-refractivity contribution < 1.29 is 15.1 Å². The van der Waals surface area contributed by atoms with E-state index in [1.807, 2.05) is 20.8 Å². The molecule has 0 radical (unpaired) electrons. The topological polar surface area (TPSA) is 61.7 Å². The molecular formula is C11H17NO3. The standard InChI is InChI=1S/C11H17NO3/c1-11(2,3)15-12-7-8-4-5-9(13)6-10(8)14/h4-6,12-14H,7H2,1-3H3. The van der Waals surface area contributed by atoms with Crippen molar-refractivity contribution in [1.29, 1.82) is 0 Å². The molecule has 0 heterocycles. The number of hydrogen-bond acceptors (Lipinski definition) is 4. The Labute approximate surface area is 89.5 Å². The van der Waals surface area contributed by atoms with Crippen LogP contribution in [0.2, 0.25) is 0 Å². The first kappa shape index (κ1) is 11.8. The molecule has 0 aliphatic heterocycles. The van der Waals surface area contributed by atoms with Gasteiger partial charge in [-0.3, -0.25) is 4.84 Å². The van der Waals surface area contributed by atoms with Crippen LogP contribution < -0.4 is 5.48 Å². The van der Waals surface area contributed by atoms with Gasteiger partial charge >= 0.3 is 0 Å². The van der Waals surface area contributed by atoms with E-state index in [-0.39, 0.29) is 17.1 Å². The molecule has 0 unspecified atom stereocenters. The second-order valence-electron chi connectivity index (χ2n) is 4.35. The number of nitrogens with one attached hydrogen (secondary N) is 1. The monoisotopic (exact) mass is 211 g/mol. The van der Waals surface area contributed by atoms with Gasteiger partial charge in [-0.25, -0.2) is 0 Å². The van der Waals surface area contributed by atoms with Gasteiger partial charge in [-0.05, 0) is 26.8 Å². The summed E-state index contributed by atoms with van der Waals surface area (Å²) in [7, 11) is 0. The lowest BCUT2D eigenvalue weighted by molar-refractivity contribution is -0.0759. The fourth-order valence-corrected chi connectivity index (χ4v) is 1.03. The average Bonchev–Trinajstić information content (AvgIpc) is 2.07. The predicted octanol–water partition coefficient (Wildman–Crippen LogP) is 1.92. The first-order chi connectivity index (χ1) is 6.88. The number of aromatic hydroxyl groups is 2. The molecule has 1 rings (SSSR count). The fraction of sp³-hybridized carbons (Fsp3) is 0.455. The molecule has 84 valence electrons. The van der Waals surface area contributed by atoms with Gasteiger partial charge in [-0.15, -0.1) is 0 Å². The third-order valence-electron chi connectivity index (χ3n) is 1.71. The Bertz CT molecular complexity index is 331. The third-order valence-corrected chi connectivity index (χ3v) is 1.71. The summed E-state index contributed by atoms with van der Waals surface area (Å²) in [6.07, 6.45) is 0. The number of rotatable bonds is 3. The van der Waals surface area contributed by atoms with Crippen LogP contribution in [0, 0.1) is 0 Å². The highest BCUT2D eigenvalue weighted by Crippen LogP contribution is 2.22. The Hall–Kier alpha value is -1.26. The fourth-order valence-electron chi connectivity index (χ4n) is 1.03. The van der Waals surface area contributed by atoms with Crippen LogP contribution in [-0.4, -0.2) is 15.8 Å². The van der Waals surface area contributed by atoms with E-state index >= 15 is 0 Å². The van der Waals surface area contributed by atoms with Crippen molar-refractivity contribution in [1.82, 2.24) is 5.48 Å². The normalized spacial score (nSPS) is 11.7. The summed E-state index contributed by atoms with van der Waals surface area (Å²) in [5.41, 5.74) is 3.17. The van der Waals surface area contributed by atoms with Gasteiger partial charge in [0.1, 0.15) is 11.5 Å². The largest absolute Gasteiger partial charge is 0.508 e. The smallest absolute Gasteiger partial charge is 0.123 e. The molecule has 0 saturated heterocycles. The van der Waals surface area contributed by atoms with Gasteiger partial charge < -0.3 is 10.2 Å². The number of hydrogen-bond donors (Lipinski definition) is 3. The molecule has 0 aromatic heterocycles. The zero-order valence-corrected chi connectivity index (χ0v) is 9.24. The van der Waals surface area contributed by atoms with E-state index in [2.05, 4.69) is 5.48 Å². The average molecular weight is 211 g/mol. The Morgan fingerprint density at radius 1 is 1.27 bits per heavy atom. The van der Waals surface area contributed by atoms with Crippen LogP contribution in [0.15, 0.2) is 18.2 Å². The molecule has 0 spiro atoms. The maximum Gasteiger partial charge on any atom is 0.123 e. The molecule has 1 aromatic rings. The van der Waals surface area contributed by atoms with Crippen molar-refractivity contribution in [2.45, 2.75) is 32.9 Å². The number of benzene rings is 1. The van der Waals surface area contributed by atoms with Crippen molar-refractivity contribution in [3.05, 3.63) is 23.8 Å². The second-order valence-corrected chi connectivity index (χ2v) is 4.35. The molecule has 15 heavy (non-hydrogen) atoms. The quantitative estimate of drug-likeness (QED) is 0.668. The van der Waals surface area contributed by atoms with Crippen molar-refractivity contribution in [2.75, 3.05) is 0 Å². The summed E-state index contributed by atoms with van der Waals surface area (Å²) >= 11 is 0. The van der Waals surface area contributed by atoms with Crippen LogP contribution in [0.3, 0.4) is 0 Å².